The maximum Gasteiger partial charge on any atom is 0.0967 e. The first-order valence-corrected chi connectivity index (χ1v) is 8.06. The second kappa shape index (κ2) is 6.78. The molecule has 0 atom stereocenters. The van der Waals surface area contributed by atoms with Crippen LogP contribution >= 0.6 is 11.8 Å². The van der Waals surface area contributed by atoms with Crippen LogP contribution in [0.15, 0.2) is 29.2 Å². The van der Waals surface area contributed by atoms with E-state index in [4.69, 9.17) is 4.74 Å². The molecule has 0 aromatic heterocycles. The fourth-order valence-corrected chi connectivity index (χ4v) is 2.32. The van der Waals surface area contributed by atoms with E-state index in [1.165, 1.54) is 23.3 Å². The van der Waals surface area contributed by atoms with Crippen LogP contribution in [-0.4, -0.2) is 18.1 Å². The van der Waals surface area contributed by atoms with Crippen molar-refractivity contribution in [3.63, 3.8) is 0 Å². The van der Waals surface area contributed by atoms with E-state index < -0.39 is 0 Å². The van der Waals surface area contributed by atoms with Gasteiger partial charge in [-0.25, -0.2) is 0 Å². The number of ether oxygens (including phenoxy) is 1. The molecule has 1 aromatic carbocycles. The maximum absolute atomic E-state index is 5.63. The van der Waals surface area contributed by atoms with Gasteiger partial charge in [0.25, 0.3) is 0 Å². The lowest BCUT2D eigenvalue weighted by Gasteiger charge is -2.20. The van der Waals surface area contributed by atoms with Crippen LogP contribution in [0.1, 0.15) is 39.2 Å². The summed E-state index contributed by atoms with van der Waals surface area (Å²) in [5.74, 6) is 1.63. The third kappa shape index (κ3) is 6.46. The Balaban J connectivity index is 1.68. The van der Waals surface area contributed by atoms with E-state index >= 15 is 0 Å². The summed E-state index contributed by atoms with van der Waals surface area (Å²) in [7, 11) is 0. The molecule has 0 amide bonds. The SMILES string of the molecule is CC(C)(C)NCc1ccc(SCOCC2CC2)cc1. The lowest BCUT2D eigenvalue weighted by Crippen LogP contribution is -2.35. The number of thioether (sulfide) groups is 1. The molecule has 1 saturated carbocycles. The molecule has 3 heteroatoms. The zero-order valence-corrected chi connectivity index (χ0v) is 13.1. The maximum atomic E-state index is 5.63. The van der Waals surface area contributed by atoms with E-state index in [-0.39, 0.29) is 5.54 Å². The van der Waals surface area contributed by atoms with Gasteiger partial charge in [-0.3, -0.25) is 0 Å². The van der Waals surface area contributed by atoms with Crippen molar-refractivity contribution in [1.82, 2.24) is 5.32 Å². The van der Waals surface area contributed by atoms with E-state index in [1.807, 2.05) is 0 Å². The van der Waals surface area contributed by atoms with Gasteiger partial charge >= 0.3 is 0 Å². The average molecular weight is 279 g/mol. The summed E-state index contributed by atoms with van der Waals surface area (Å²) in [5, 5.41) is 3.50. The predicted molar refractivity (Wildman–Crippen MR) is 82.4 cm³/mol. The van der Waals surface area contributed by atoms with Crippen LogP contribution in [0.3, 0.4) is 0 Å². The van der Waals surface area contributed by atoms with Crippen molar-refractivity contribution >= 4 is 11.8 Å². The van der Waals surface area contributed by atoms with Crippen molar-refractivity contribution in [3.05, 3.63) is 29.8 Å². The van der Waals surface area contributed by atoms with Crippen LogP contribution in [0.5, 0.6) is 0 Å². The molecule has 1 aliphatic rings. The Bertz CT molecular complexity index is 379. The monoisotopic (exact) mass is 279 g/mol. The third-order valence-electron chi connectivity index (χ3n) is 3.11. The van der Waals surface area contributed by atoms with Crippen LogP contribution in [0.4, 0.5) is 0 Å². The highest BCUT2D eigenvalue weighted by Crippen LogP contribution is 2.29. The predicted octanol–water partition coefficient (Wildman–Crippen LogP) is 4.05. The van der Waals surface area contributed by atoms with Crippen molar-refractivity contribution in [2.45, 2.75) is 50.6 Å². The van der Waals surface area contributed by atoms with Gasteiger partial charge < -0.3 is 10.1 Å². The number of nitrogens with one attached hydrogen (secondary N) is 1. The van der Waals surface area contributed by atoms with Gasteiger partial charge in [-0.1, -0.05) is 23.9 Å². The van der Waals surface area contributed by atoms with Crippen LogP contribution in [-0.2, 0) is 11.3 Å². The van der Waals surface area contributed by atoms with Crippen LogP contribution in [0.25, 0.3) is 0 Å². The molecule has 2 rings (SSSR count). The molecule has 1 aromatic rings. The number of hydrogen-bond acceptors (Lipinski definition) is 3. The van der Waals surface area contributed by atoms with Gasteiger partial charge in [0.1, 0.15) is 0 Å². The summed E-state index contributed by atoms with van der Waals surface area (Å²) in [6, 6.07) is 8.76. The highest BCUT2D eigenvalue weighted by Gasteiger charge is 2.20. The minimum atomic E-state index is 0.171. The van der Waals surface area contributed by atoms with E-state index in [0.29, 0.717) is 0 Å². The summed E-state index contributed by atoms with van der Waals surface area (Å²) < 4.78 is 5.63. The van der Waals surface area contributed by atoms with Gasteiger partial charge in [0.15, 0.2) is 0 Å². The van der Waals surface area contributed by atoms with Crippen molar-refractivity contribution in [3.8, 4) is 0 Å². The Hall–Kier alpha value is -0.510. The van der Waals surface area contributed by atoms with Gasteiger partial charge in [0.2, 0.25) is 0 Å². The molecular weight excluding hydrogens is 254 g/mol. The first-order chi connectivity index (χ1) is 9.03. The topological polar surface area (TPSA) is 21.3 Å². The summed E-state index contributed by atoms with van der Waals surface area (Å²) >= 11 is 1.78. The highest BCUT2D eigenvalue weighted by molar-refractivity contribution is 7.99. The molecule has 1 fully saturated rings. The first kappa shape index (κ1) is 14.9. The minimum Gasteiger partial charge on any atom is -0.370 e. The quantitative estimate of drug-likeness (QED) is 0.462. The van der Waals surface area contributed by atoms with Crippen molar-refractivity contribution in [2.24, 2.45) is 5.92 Å². The molecule has 0 heterocycles. The molecule has 19 heavy (non-hydrogen) atoms. The van der Waals surface area contributed by atoms with Crippen LogP contribution < -0.4 is 5.32 Å². The van der Waals surface area contributed by atoms with Gasteiger partial charge in [0, 0.05) is 17.0 Å². The zero-order valence-electron chi connectivity index (χ0n) is 12.2. The molecule has 2 nitrogen and oxygen atoms in total. The summed E-state index contributed by atoms with van der Waals surface area (Å²) in [5.41, 5.74) is 1.50. The number of hydrogen-bond donors (Lipinski definition) is 1. The van der Waals surface area contributed by atoms with Crippen molar-refractivity contribution in [1.29, 1.82) is 0 Å². The smallest absolute Gasteiger partial charge is 0.0967 e. The minimum absolute atomic E-state index is 0.171. The summed E-state index contributed by atoms with van der Waals surface area (Å²) in [4.78, 5) is 1.29. The van der Waals surface area contributed by atoms with Crippen molar-refractivity contribution < 1.29 is 4.74 Å². The number of benzene rings is 1. The first-order valence-electron chi connectivity index (χ1n) is 7.07. The van der Waals surface area contributed by atoms with E-state index in [0.717, 1.165) is 25.0 Å². The van der Waals surface area contributed by atoms with E-state index in [2.05, 4.69) is 50.4 Å². The second-order valence-electron chi connectivity index (χ2n) is 6.32. The largest absolute Gasteiger partial charge is 0.370 e. The molecule has 0 radical (unpaired) electrons. The van der Waals surface area contributed by atoms with Crippen molar-refractivity contribution in [2.75, 3.05) is 12.5 Å². The normalized spacial score (nSPS) is 15.7. The van der Waals surface area contributed by atoms with Crippen LogP contribution in [0.2, 0.25) is 0 Å². The second-order valence-corrected chi connectivity index (χ2v) is 7.32. The molecule has 0 bridgehead atoms. The summed E-state index contributed by atoms with van der Waals surface area (Å²) in [6.45, 7) is 8.44. The average Bonchev–Trinajstić information content (AvgIpc) is 3.17. The Labute approximate surface area is 121 Å². The molecule has 1 aliphatic carbocycles. The standard InChI is InChI=1S/C16H25NOS/c1-16(2,3)17-10-13-6-8-15(9-7-13)19-12-18-11-14-4-5-14/h6-9,14,17H,4-5,10-12H2,1-3H3. The van der Waals surface area contributed by atoms with Gasteiger partial charge in [-0.2, -0.15) is 0 Å². The molecule has 0 saturated heterocycles. The molecule has 106 valence electrons. The molecule has 1 N–H and O–H groups in total. The Morgan fingerprint density at radius 3 is 2.47 bits per heavy atom. The molecule has 0 aliphatic heterocycles. The Morgan fingerprint density at radius 2 is 1.89 bits per heavy atom. The van der Waals surface area contributed by atoms with Gasteiger partial charge in [-0.15, -0.1) is 0 Å². The number of rotatable bonds is 7. The fraction of sp³-hybridized carbons (Fsp3) is 0.625. The molecular formula is C16H25NOS. The Morgan fingerprint density at radius 1 is 1.21 bits per heavy atom. The lowest BCUT2D eigenvalue weighted by atomic mass is 10.1. The van der Waals surface area contributed by atoms with Gasteiger partial charge in [-0.05, 0) is 57.2 Å². The molecule has 0 spiro atoms. The molecule has 0 unspecified atom stereocenters. The third-order valence-corrected chi connectivity index (χ3v) is 4.00. The van der Waals surface area contributed by atoms with Gasteiger partial charge in [0.05, 0.1) is 12.5 Å². The zero-order chi connectivity index (χ0) is 13.7. The van der Waals surface area contributed by atoms with Crippen LogP contribution in [0, 0.1) is 5.92 Å². The Kier molecular flexibility index (Phi) is 5.31. The van der Waals surface area contributed by atoms with E-state index in [9.17, 15) is 0 Å². The fourth-order valence-electron chi connectivity index (χ4n) is 1.68. The summed E-state index contributed by atoms with van der Waals surface area (Å²) in [6.07, 6.45) is 2.72. The van der Waals surface area contributed by atoms with E-state index in [1.54, 1.807) is 11.8 Å². The highest BCUT2D eigenvalue weighted by atomic mass is 32.2. The lowest BCUT2D eigenvalue weighted by molar-refractivity contribution is 0.171.